The number of likely N-dealkylation sites (N-methyl/N-ethyl adjacent to an activating group) is 1. The zero-order valence-electron chi connectivity index (χ0n) is 11.7. The van der Waals surface area contributed by atoms with Crippen molar-refractivity contribution in [2.75, 3.05) is 6.54 Å². The second-order valence-corrected chi connectivity index (χ2v) is 5.67. The second kappa shape index (κ2) is 7.58. The van der Waals surface area contributed by atoms with Crippen molar-refractivity contribution in [2.24, 2.45) is 5.92 Å². The van der Waals surface area contributed by atoms with Gasteiger partial charge in [0.1, 0.15) is 0 Å². The van der Waals surface area contributed by atoms with Gasteiger partial charge in [-0.15, -0.1) is 0 Å². The molecule has 0 heterocycles. The van der Waals surface area contributed by atoms with Crippen LogP contribution in [-0.4, -0.2) is 12.6 Å². The van der Waals surface area contributed by atoms with Crippen LogP contribution in [-0.2, 0) is 6.42 Å². The number of hydrogen-bond donors (Lipinski definition) is 1. The van der Waals surface area contributed by atoms with Gasteiger partial charge in [0.05, 0.1) is 0 Å². The minimum atomic E-state index is 0.665. The first-order valence-corrected chi connectivity index (χ1v) is 7.65. The summed E-state index contributed by atoms with van der Waals surface area (Å²) in [6, 6.07) is 11.6. The number of rotatable bonds is 7. The summed E-state index contributed by atoms with van der Waals surface area (Å²) in [5.74, 6) is 1.02. The Bertz CT molecular complexity index is 314. The molecule has 1 unspecified atom stereocenters. The Hall–Kier alpha value is -0.820. The summed E-state index contributed by atoms with van der Waals surface area (Å²) in [7, 11) is 0. The van der Waals surface area contributed by atoms with Gasteiger partial charge in [0, 0.05) is 6.04 Å². The van der Waals surface area contributed by atoms with Gasteiger partial charge in [0.25, 0.3) is 0 Å². The fraction of sp³-hybridized carbons (Fsp3) is 0.647. The first-order chi connectivity index (χ1) is 8.88. The van der Waals surface area contributed by atoms with Crippen LogP contribution in [0, 0.1) is 5.92 Å². The summed E-state index contributed by atoms with van der Waals surface area (Å²) in [5.41, 5.74) is 1.47. The van der Waals surface area contributed by atoms with E-state index in [0.29, 0.717) is 6.04 Å². The summed E-state index contributed by atoms with van der Waals surface area (Å²) in [5, 5.41) is 3.66. The summed E-state index contributed by atoms with van der Waals surface area (Å²) in [6.45, 7) is 3.30. The highest BCUT2D eigenvalue weighted by atomic mass is 14.9. The summed E-state index contributed by atoms with van der Waals surface area (Å²) in [4.78, 5) is 0. The van der Waals surface area contributed by atoms with Crippen LogP contribution in [0.2, 0.25) is 0 Å². The van der Waals surface area contributed by atoms with E-state index in [1.807, 2.05) is 0 Å². The number of benzene rings is 1. The van der Waals surface area contributed by atoms with E-state index in [9.17, 15) is 0 Å². The summed E-state index contributed by atoms with van der Waals surface area (Å²) < 4.78 is 0. The van der Waals surface area contributed by atoms with Crippen LogP contribution in [0.15, 0.2) is 30.3 Å². The van der Waals surface area contributed by atoms with Gasteiger partial charge in [-0.3, -0.25) is 0 Å². The molecule has 100 valence electrons. The van der Waals surface area contributed by atoms with Crippen LogP contribution in [0.1, 0.15) is 51.0 Å². The Balaban J connectivity index is 1.79. The first-order valence-electron chi connectivity index (χ1n) is 7.65. The van der Waals surface area contributed by atoms with Crippen LogP contribution in [0.25, 0.3) is 0 Å². The van der Waals surface area contributed by atoms with Crippen LogP contribution >= 0.6 is 0 Å². The Morgan fingerprint density at radius 2 is 1.89 bits per heavy atom. The van der Waals surface area contributed by atoms with Crippen LogP contribution in [0.5, 0.6) is 0 Å². The lowest BCUT2D eigenvalue weighted by Crippen LogP contribution is -2.31. The fourth-order valence-corrected chi connectivity index (χ4v) is 3.20. The lowest BCUT2D eigenvalue weighted by atomic mass is 9.95. The molecule has 0 aliphatic heterocycles. The quantitative estimate of drug-likeness (QED) is 0.760. The van der Waals surface area contributed by atoms with E-state index in [1.165, 1.54) is 50.5 Å². The van der Waals surface area contributed by atoms with Crippen molar-refractivity contribution in [3.63, 3.8) is 0 Å². The van der Waals surface area contributed by atoms with Gasteiger partial charge in [0.2, 0.25) is 0 Å². The van der Waals surface area contributed by atoms with E-state index in [0.717, 1.165) is 12.5 Å². The van der Waals surface area contributed by atoms with Gasteiger partial charge in [-0.25, -0.2) is 0 Å². The molecule has 1 heteroatoms. The molecule has 1 nitrogen and oxygen atoms in total. The molecule has 0 aromatic heterocycles. The number of hydrogen-bond acceptors (Lipinski definition) is 1. The molecule has 1 aliphatic rings. The standard InChI is InChI=1S/C17H27N/c1-2-18-17(13-12-15-8-6-7-9-15)14-16-10-4-3-5-11-16/h3-5,10-11,15,17-18H,2,6-9,12-14H2,1H3. The lowest BCUT2D eigenvalue weighted by Gasteiger charge is -2.20. The Morgan fingerprint density at radius 3 is 2.56 bits per heavy atom. The zero-order chi connectivity index (χ0) is 12.6. The third kappa shape index (κ3) is 4.45. The van der Waals surface area contributed by atoms with Crippen molar-refractivity contribution in [1.82, 2.24) is 5.32 Å². The van der Waals surface area contributed by atoms with E-state index in [2.05, 4.69) is 42.6 Å². The number of nitrogens with one attached hydrogen (secondary N) is 1. The molecular formula is C17H27N. The monoisotopic (exact) mass is 245 g/mol. The Morgan fingerprint density at radius 1 is 1.17 bits per heavy atom. The normalized spacial score (nSPS) is 18.1. The molecule has 1 fully saturated rings. The molecule has 1 saturated carbocycles. The molecule has 1 aliphatic carbocycles. The molecule has 0 saturated heterocycles. The average Bonchev–Trinajstić information content (AvgIpc) is 2.91. The Labute approximate surface area is 112 Å². The van der Waals surface area contributed by atoms with Crippen LogP contribution in [0.4, 0.5) is 0 Å². The molecule has 1 atom stereocenters. The highest BCUT2D eigenvalue weighted by Crippen LogP contribution is 2.29. The van der Waals surface area contributed by atoms with E-state index >= 15 is 0 Å². The van der Waals surface area contributed by atoms with Gasteiger partial charge in [0.15, 0.2) is 0 Å². The SMILES string of the molecule is CCNC(CCC1CCCC1)Cc1ccccc1. The van der Waals surface area contributed by atoms with Gasteiger partial charge in [-0.2, -0.15) is 0 Å². The molecule has 0 spiro atoms. The molecular weight excluding hydrogens is 218 g/mol. The van der Waals surface area contributed by atoms with E-state index in [-0.39, 0.29) is 0 Å². The third-order valence-electron chi connectivity index (χ3n) is 4.22. The van der Waals surface area contributed by atoms with E-state index < -0.39 is 0 Å². The largest absolute Gasteiger partial charge is 0.314 e. The average molecular weight is 245 g/mol. The predicted octanol–water partition coefficient (Wildman–Crippen LogP) is 4.18. The van der Waals surface area contributed by atoms with Gasteiger partial charge >= 0.3 is 0 Å². The van der Waals surface area contributed by atoms with Gasteiger partial charge in [-0.05, 0) is 37.3 Å². The zero-order valence-corrected chi connectivity index (χ0v) is 11.7. The molecule has 2 rings (SSSR count). The molecule has 1 aromatic rings. The third-order valence-corrected chi connectivity index (χ3v) is 4.22. The molecule has 0 radical (unpaired) electrons. The minimum Gasteiger partial charge on any atom is -0.314 e. The summed E-state index contributed by atoms with van der Waals surface area (Å²) in [6.07, 6.45) is 9.83. The van der Waals surface area contributed by atoms with Gasteiger partial charge in [-0.1, -0.05) is 62.9 Å². The molecule has 1 aromatic carbocycles. The van der Waals surface area contributed by atoms with E-state index in [1.54, 1.807) is 0 Å². The fourth-order valence-electron chi connectivity index (χ4n) is 3.20. The lowest BCUT2D eigenvalue weighted by molar-refractivity contribution is 0.407. The van der Waals surface area contributed by atoms with Crippen molar-refractivity contribution in [2.45, 2.75) is 57.9 Å². The predicted molar refractivity (Wildman–Crippen MR) is 78.8 cm³/mol. The van der Waals surface area contributed by atoms with Crippen LogP contribution in [0.3, 0.4) is 0 Å². The highest BCUT2D eigenvalue weighted by Gasteiger charge is 2.17. The molecule has 0 bridgehead atoms. The van der Waals surface area contributed by atoms with Crippen molar-refractivity contribution in [1.29, 1.82) is 0 Å². The van der Waals surface area contributed by atoms with Crippen molar-refractivity contribution < 1.29 is 0 Å². The van der Waals surface area contributed by atoms with Crippen LogP contribution < -0.4 is 5.32 Å². The van der Waals surface area contributed by atoms with Crippen molar-refractivity contribution in [3.05, 3.63) is 35.9 Å². The molecule has 0 amide bonds. The minimum absolute atomic E-state index is 0.665. The maximum atomic E-state index is 3.66. The van der Waals surface area contributed by atoms with Crippen molar-refractivity contribution in [3.8, 4) is 0 Å². The maximum absolute atomic E-state index is 3.66. The molecule has 18 heavy (non-hydrogen) atoms. The maximum Gasteiger partial charge on any atom is 0.0107 e. The highest BCUT2D eigenvalue weighted by molar-refractivity contribution is 5.15. The molecule has 1 N–H and O–H groups in total. The second-order valence-electron chi connectivity index (χ2n) is 5.67. The summed E-state index contributed by atoms with van der Waals surface area (Å²) >= 11 is 0. The van der Waals surface area contributed by atoms with Gasteiger partial charge < -0.3 is 5.32 Å². The first kappa shape index (κ1) is 13.6. The Kier molecular flexibility index (Phi) is 5.73. The van der Waals surface area contributed by atoms with E-state index in [4.69, 9.17) is 0 Å². The smallest absolute Gasteiger partial charge is 0.0107 e. The van der Waals surface area contributed by atoms with Crippen molar-refractivity contribution >= 4 is 0 Å². The topological polar surface area (TPSA) is 12.0 Å².